The zero-order valence-electron chi connectivity index (χ0n) is 10.4. The van der Waals surface area contributed by atoms with Crippen LogP contribution in [0.3, 0.4) is 0 Å². The van der Waals surface area contributed by atoms with Crippen LogP contribution in [0.4, 0.5) is 0 Å². The average Bonchev–Trinajstić information content (AvgIpc) is 3.16. The Morgan fingerprint density at radius 1 is 1.33 bits per heavy atom. The Kier molecular flexibility index (Phi) is 5.09. The first-order chi connectivity index (χ1) is 8.38. The highest BCUT2D eigenvalue weighted by Crippen LogP contribution is 2.28. The van der Waals surface area contributed by atoms with Gasteiger partial charge in [0.05, 0.1) is 7.11 Å². The summed E-state index contributed by atoms with van der Waals surface area (Å²) in [6.07, 6.45) is 1.80. The number of carbonyl (C=O) groups excluding carboxylic acids is 2. The van der Waals surface area contributed by atoms with Crippen molar-refractivity contribution in [3.63, 3.8) is 0 Å². The van der Waals surface area contributed by atoms with Crippen LogP contribution < -0.4 is 10.0 Å². The van der Waals surface area contributed by atoms with E-state index in [1.165, 1.54) is 6.92 Å². The molecule has 0 aliphatic heterocycles. The van der Waals surface area contributed by atoms with Crippen LogP contribution in [-0.4, -0.2) is 45.7 Å². The molecule has 0 aromatic rings. The Morgan fingerprint density at radius 3 is 2.44 bits per heavy atom. The average molecular weight is 278 g/mol. The predicted molar refractivity (Wildman–Crippen MR) is 64.1 cm³/mol. The summed E-state index contributed by atoms with van der Waals surface area (Å²) in [5.74, 6) is -0.768. The number of hydrogen-bond donors (Lipinski definition) is 2. The molecule has 0 aromatic heterocycles. The highest BCUT2D eigenvalue weighted by molar-refractivity contribution is 7.90. The fraction of sp³-hybridized carbons (Fsp3) is 0.800. The summed E-state index contributed by atoms with van der Waals surface area (Å²) in [7, 11) is -2.62. The molecule has 0 radical (unpaired) electrons. The Hall–Kier alpha value is -1.15. The van der Waals surface area contributed by atoms with Gasteiger partial charge < -0.3 is 10.1 Å². The summed E-state index contributed by atoms with van der Waals surface area (Å²) in [5.41, 5.74) is 0. The van der Waals surface area contributed by atoms with Gasteiger partial charge in [-0.15, -0.1) is 0 Å². The summed E-state index contributed by atoms with van der Waals surface area (Å²) in [4.78, 5) is 22.3. The van der Waals surface area contributed by atoms with Crippen molar-refractivity contribution in [2.75, 3.05) is 20.2 Å². The van der Waals surface area contributed by atoms with Gasteiger partial charge in [0.2, 0.25) is 15.9 Å². The van der Waals surface area contributed by atoms with Crippen molar-refractivity contribution in [1.29, 1.82) is 0 Å². The SMILES string of the molecule is COC(=O)C(C)S(=O)(=O)NCCNC(=O)C1CC1. The molecule has 18 heavy (non-hydrogen) atoms. The molecule has 1 amide bonds. The second-order valence-electron chi connectivity index (χ2n) is 4.17. The molecule has 1 aliphatic rings. The van der Waals surface area contributed by atoms with Gasteiger partial charge >= 0.3 is 5.97 Å². The summed E-state index contributed by atoms with van der Waals surface area (Å²) in [6, 6.07) is 0. The summed E-state index contributed by atoms with van der Waals surface area (Å²) >= 11 is 0. The summed E-state index contributed by atoms with van der Waals surface area (Å²) in [6.45, 7) is 1.52. The number of rotatable bonds is 7. The van der Waals surface area contributed by atoms with Crippen LogP contribution in [0.2, 0.25) is 0 Å². The van der Waals surface area contributed by atoms with Crippen molar-refractivity contribution in [3.8, 4) is 0 Å². The lowest BCUT2D eigenvalue weighted by Crippen LogP contribution is -2.41. The lowest BCUT2D eigenvalue weighted by atomic mass is 10.4. The zero-order chi connectivity index (χ0) is 13.8. The number of nitrogens with one attached hydrogen (secondary N) is 2. The van der Waals surface area contributed by atoms with Gasteiger partial charge in [0, 0.05) is 19.0 Å². The van der Waals surface area contributed by atoms with Crippen LogP contribution in [0, 0.1) is 5.92 Å². The Morgan fingerprint density at radius 2 is 1.94 bits per heavy atom. The molecule has 7 nitrogen and oxygen atoms in total. The van der Waals surface area contributed by atoms with Crippen molar-refractivity contribution in [1.82, 2.24) is 10.0 Å². The first-order valence-corrected chi connectivity index (χ1v) is 7.27. The maximum absolute atomic E-state index is 11.6. The van der Waals surface area contributed by atoms with Crippen molar-refractivity contribution in [3.05, 3.63) is 0 Å². The number of esters is 1. The van der Waals surface area contributed by atoms with E-state index >= 15 is 0 Å². The topological polar surface area (TPSA) is 102 Å². The highest BCUT2D eigenvalue weighted by atomic mass is 32.2. The van der Waals surface area contributed by atoms with Gasteiger partial charge in [-0.2, -0.15) is 0 Å². The second-order valence-corrected chi connectivity index (χ2v) is 6.26. The van der Waals surface area contributed by atoms with E-state index in [0.717, 1.165) is 20.0 Å². The third-order valence-electron chi connectivity index (χ3n) is 2.67. The minimum Gasteiger partial charge on any atom is -0.468 e. The van der Waals surface area contributed by atoms with Gasteiger partial charge in [-0.3, -0.25) is 9.59 Å². The molecule has 104 valence electrons. The van der Waals surface area contributed by atoms with E-state index in [-0.39, 0.29) is 24.9 Å². The molecule has 1 fully saturated rings. The molecule has 1 unspecified atom stereocenters. The van der Waals surface area contributed by atoms with E-state index < -0.39 is 21.2 Å². The monoisotopic (exact) mass is 278 g/mol. The van der Waals surface area contributed by atoms with Gasteiger partial charge in [-0.1, -0.05) is 0 Å². The summed E-state index contributed by atoms with van der Waals surface area (Å²) < 4.78 is 29.8. The number of sulfonamides is 1. The lowest BCUT2D eigenvalue weighted by molar-refractivity contribution is -0.139. The van der Waals surface area contributed by atoms with Crippen molar-refractivity contribution in [2.24, 2.45) is 5.92 Å². The molecule has 0 heterocycles. The molecule has 0 saturated heterocycles. The van der Waals surface area contributed by atoms with Gasteiger partial charge in [-0.05, 0) is 19.8 Å². The third-order valence-corrected chi connectivity index (χ3v) is 4.40. The minimum atomic E-state index is -3.75. The van der Waals surface area contributed by atoms with Gasteiger partial charge in [0.1, 0.15) is 0 Å². The molecular weight excluding hydrogens is 260 g/mol. The Balaban J connectivity index is 2.28. The van der Waals surface area contributed by atoms with Crippen molar-refractivity contribution in [2.45, 2.75) is 25.0 Å². The Labute approximate surface area is 106 Å². The molecule has 2 N–H and O–H groups in total. The highest BCUT2D eigenvalue weighted by Gasteiger charge is 2.30. The molecule has 0 aromatic carbocycles. The van der Waals surface area contributed by atoms with E-state index in [2.05, 4.69) is 14.8 Å². The third kappa shape index (κ3) is 4.26. The van der Waals surface area contributed by atoms with Crippen LogP contribution in [0.5, 0.6) is 0 Å². The molecule has 1 atom stereocenters. The maximum Gasteiger partial charge on any atom is 0.325 e. The van der Waals surface area contributed by atoms with E-state index in [9.17, 15) is 18.0 Å². The summed E-state index contributed by atoms with van der Waals surface area (Å²) in [5, 5.41) is 1.35. The fourth-order valence-electron chi connectivity index (χ4n) is 1.29. The molecule has 8 heteroatoms. The number of ether oxygens (including phenoxy) is 1. The van der Waals surface area contributed by atoms with E-state index in [4.69, 9.17) is 0 Å². The normalized spacial score (nSPS) is 17.0. The maximum atomic E-state index is 11.6. The van der Waals surface area contributed by atoms with E-state index in [1.807, 2.05) is 0 Å². The van der Waals surface area contributed by atoms with Crippen LogP contribution >= 0.6 is 0 Å². The van der Waals surface area contributed by atoms with Crippen LogP contribution in [0.15, 0.2) is 0 Å². The van der Waals surface area contributed by atoms with Crippen LogP contribution in [-0.2, 0) is 24.3 Å². The zero-order valence-corrected chi connectivity index (χ0v) is 11.2. The minimum absolute atomic E-state index is 0.0461. The number of carbonyl (C=O) groups is 2. The molecule has 1 aliphatic carbocycles. The lowest BCUT2D eigenvalue weighted by Gasteiger charge is -2.12. The first-order valence-electron chi connectivity index (χ1n) is 5.72. The van der Waals surface area contributed by atoms with Gasteiger partial charge in [-0.25, -0.2) is 13.1 Å². The van der Waals surface area contributed by atoms with Crippen LogP contribution in [0.1, 0.15) is 19.8 Å². The first kappa shape index (κ1) is 14.9. The smallest absolute Gasteiger partial charge is 0.325 e. The van der Waals surface area contributed by atoms with E-state index in [1.54, 1.807) is 0 Å². The van der Waals surface area contributed by atoms with E-state index in [0.29, 0.717) is 0 Å². The van der Waals surface area contributed by atoms with Gasteiger partial charge in [0.25, 0.3) is 0 Å². The number of hydrogen-bond acceptors (Lipinski definition) is 5. The van der Waals surface area contributed by atoms with Crippen LogP contribution in [0.25, 0.3) is 0 Å². The molecule has 1 rings (SSSR count). The van der Waals surface area contributed by atoms with Crippen molar-refractivity contribution >= 4 is 21.9 Å². The molecule has 0 bridgehead atoms. The van der Waals surface area contributed by atoms with Crippen molar-refractivity contribution < 1.29 is 22.7 Å². The predicted octanol–water partition coefficient (Wildman–Crippen LogP) is -1.01. The molecular formula is C10H18N2O5S. The molecule has 0 spiro atoms. The number of amides is 1. The standard InChI is InChI=1S/C10H18N2O5S/c1-7(10(14)17-2)18(15,16)12-6-5-11-9(13)8-3-4-8/h7-8,12H,3-6H2,1-2H3,(H,11,13). The second kappa shape index (κ2) is 6.14. The number of methoxy groups -OCH3 is 1. The Bertz CT molecular complexity index is 416. The molecule has 1 saturated carbocycles. The van der Waals surface area contributed by atoms with Gasteiger partial charge in [0.15, 0.2) is 5.25 Å². The fourth-order valence-corrected chi connectivity index (χ4v) is 2.27. The quantitative estimate of drug-likeness (QED) is 0.459. The largest absolute Gasteiger partial charge is 0.468 e.